The average molecular weight is 456 g/mol. The number of carbonyl (C=O) groups is 1. The molecule has 0 spiro atoms. The van der Waals surface area contributed by atoms with Gasteiger partial charge in [-0.1, -0.05) is 48.5 Å². The minimum Gasteiger partial charge on any atom is -0.500 e. The van der Waals surface area contributed by atoms with Gasteiger partial charge >= 0.3 is 11.7 Å². The first kappa shape index (κ1) is 22.4. The molecule has 170 valence electrons. The third-order valence-electron chi connectivity index (χ3n) is 5.38. The zero-order valence-electron chi connectivity index (χ0n) is 18.1. The second kappa shape index (κ2) is 9.34. The Morgan fingerprint density at radius 3 is 2.53 bits per heavy atom. The zero-order valence-corrected chi connectivity index (χ0v) is 18.1. The van der Waals surface area contributed by atoms with E-state index < -0.39 is 28.4 Å². The summed E-state index contributed by atoms with van der Waals surface area (Å²) in [4.78, 5) is 23.7. The molecular weight excluding hydrogens is 436 g/mol. The van der Waals surface area contributed by atoms with E-state index in [2.05, 4.69) is 16.7 Å². The number of nitro groups is 1. The van der Waals surface area contributed by atoms with Crippen molar-refractivity contribution >= 4 is 23.0 Å². The molecule has 9 heteroatoms. The Morgan fingerprint density at radius 2 is 1.85 bits per heavy atom. The van der Waals surface area contributed by atoms with Crippen LogP contribution in [-0.4, -0.2) is 22.7 Å². The minimum atomic E-state index is -0.878. The molecule has 0 saturated carbocycles. The number of hydrogen-bond donors (Lipinski definition) is 3. The van der Waals surface area contributed by atoms with Crippen LogP contribution in [0.4, 0.5) is 10.5 Å². The van der Waals surface area contributed by atoms with E-state index in [-0.39, 0.29) is 12.4 Å². The van der Waals surface area contributed by atoms with Crippen molar-refractivity contribution < 1.29 is 19.6 Å². The molecule has 1 aliphatic rings. The predicted molar refractivity (Wildman–Crippen MR) is 125 cm³/mol. The fourth-order valence-electron chi connectivity index (χ4n) is 3.94. The number of amides is 2. The maximum Gasteiger partial charge on any atom is 0.320 e. The number of nitriles is 1. The fraction of sp³-hybridized carbons (Fsp3) is 0.120. The number of hydrogen-bond acceptors (Lipinski definition) is 6. The first-order chi connectivity index (χ1) is 16.4. The van der Waals surface area contributed by atoms with Crippen LogP contribution in [0.15, 0.2) is 66.7 Å². The standard InChI is InChI=1S/C25H20N4O5/c1-2-34-20-13-17(12-19(24(20)30)29(32)33)23-21(18-11-7-6-10-16(18)14-26)22(27-25(31)28-23)15-8-4-3-5-9-15/h3-13,23,30H,2H2,1H3,(H2,27,28,31). The van der Waals surface area contributed by atoms with Crippen molar-refractivity contribution in [1.29, 1.82) is 5.26 Å². The monoisotopic (exact) mass is 456 g/mol. The van der Waals surface area contributed by atoms with E-state index in [0.29, 0.717) is 33.5 Å². The summed E-state index contributed by atoms with van der Waals surface area (Å²) in [5.74, 6) is -0.671. The molecule has 1 heterocycles. The van der Waals surface area contributed by atoms with E-state index in [1.165, 1.54) is 12.1 Å². The molecule has 0 saturated heterocycles. The van der Waals surface area contributed by atoms with E-state index in [9.17, 15) is 25.3 Å². The Bertz CT molecular complexity index is 1350. The Morgan fingerprint density at radius 1 is 1.15 bits per heavy atom. The number of phenols is 1. The lowest BCUT2D eigenvalue weighted by Gasteiger charge is -2.31. The SMILES string of the molecule is CCOc1cc(C2NC(=O)NC(c3ccccc3)=C2c2ccccc2C#N)cc([N+](=O)[O-])c1O. The summed E-state index contributed by atoms with van der Waals surface area (Å²) in [5, 5.41) is 37.4. The van der Waals surface area contributed by atoms with Gasteiger partial charge in [-0.15, -0.1) is 0 Å². The molecule has 4 rings (SSSR count). The number of ether oxygens (including phenoxy) is 1. The summed E-state index contributed by atoms with van der Waals surface area (Å²) in [6, 6.07) is 19.4. The summed E-state index contributed by atoms with van der Waals surface area (Å²) < 4.78 is 5.43. The zero-order chi connectivity index (χ0) is 24.2. The summed E-state index contributed by atoms with van der Waals surface area (Å²) in [7, 11) is 0. The Kier molecular flexibility index (Phi) is 6.14. The van der Waals surface area contributed by atoms with Gasteiger partial charge in [-0.3, -0.25) is 10.1 Å². The molecule has 2 amide bonds. The first-order valence-corrected chi connectivity index (χ1v) is 10.4. The average Bonchev–Trinajstić information content (AvgIpc) is 2.85. The molecule has 1 aliphatic heterocycles. The van der Waals surface area contributed by atoms with Crippen LogP contribution < -0.4 is 15.4 Å². The Labute approximate surface area is 195 Å². The van der Waals surface area contributed by atoms with Crippen molar-refractivity contribution in [2.24, 2.45) is 0 Å². The predicted octanol–water partition coefficient (Wildman–Crippen LogP) is 4.49. The highest BCUT2D eigenvalue weighted by Gasteiger charge is 2.33. The Balaban J connectivity index is 2.04. The molecule has 0 aromatic heterocycles. The number of phenolic OH excluding ortho intramolecular Hbond substituents is 1. The molecule has 1 atom stereocenters. The van der Waals surface area contributed by atoms with E-state index in [4.69, 9.17) is 4.74 Å². The van der Waals surface area contributed by atoms with Crippen LogP contribution in [0.2, 0.25) is 0 Å². The quantitative estimate of drug-likeness (QED) is 0.369. The van der Waals surface area contributed by atoms with Crippen LogP contribution in [0.5, 0.6) is 11.5 Å². The summed E-state index contributed by atoms with van der Waals surface area (Å²) >= 11 is 0. The molecule has 1 unspecified atom stereocenters. The van der Waals surface area contributed by atoms with E-state index in [1.807, 2.05) is 30.3 Å². The molecule has 3 aromatic rings. The van der Waals surface area contributed by atoms with Crippen LogP contribution >= 0.6 is 0 Å². The number of urea groups is 1. The van der Waals surface area contributed by atoms with Crippen molar-refractivity contribution in [2.75, 3.05) is 6.61 Å². The van der Waals surface area contributed by atoms with E-state index in [0.717, 1.165) is 0 Å². The highest BCUT2D eigenvalue weighted by Crippen LogP contribution is 2.44. The summed E-state index contributed by atoms with van der Waals surface area (Å²) in [6.07, 6.45) is 0. The van der Waals surface area contributed by atoms with E-state index >= 15 is 0 Å². The van der Waals surface area contributed by atoms with Crippen LogP contribution in [0.1, 0.15) is 35.2 Å². The number of nitrogens with one attached hydrogen (secondary N) is 2. The van der Waals surface area contributed by atoms with E-state index in [1.54, 1.807) is 31.2 Å². The van der Waals surface area contributed by atoms with Gasteiger partial charge in [0.15, 0.2) is 5.75 Å². The summed E-state index contributed by atoms with van der Waals surface area (Å²) in [6.45, 7) is 1.86. The number of benzene rings is 3. The topological polar surface area (TPSA) is 138 Å². The summed E-state index contributed by atoms with van der Waals surface area (Å²) in [5.41, 5.74) is 2.39. The highest BCUT2D eigenvalue weighted by atomic mass is 16.6. The number of aromatic hydroxyl groups is 1. The number of rotatable bonds is 6. The molecule has 0 fully saturated rings. The van der Waals surface area contributed by atoms with Gasteiger partial charge in [0.1, 0.15) is 0 Å². The molecule has 34 heavy (non-hydrogen) atoms. The van der Waals surface area contributed by atoms with Gasteiger partial charge in [-0.25, -0.2) is 4.79 Å². The second-order valence-electron chi connectivity index (χ2n) is 7.42. The second-order valence-corrected chi connectivity index (χ2v) is 7.42. The molecule has 0 aliphatic carbocycles. The lowest BCUT2D eigenvalue weighted by atomic mass is 9.85. The van der Waals surface area contributed by atoms with Gasteiger partial charge in [0, 0.05) is 11.6 Å². The largest absolute Gasteiger partial charge is 0.500 e. The van der Waals surface area contributed by atoms with Crippen LogP contribution in [0, 0.1) is 21.4 Å². The molecule has 3 aromatic carbocycles. The lowest BCUT2D eigenvalue weighted by Crippen LogP contribution is -2.43. The van der Waals surface area contributed by atoms with Gasteiger partial charge in [-0.05, 0) is 35.7 Å². The fourth-order valence-corrected chi connectivity index (χ4v) is 3.94. The van der Waals surface area contributed by atoms with Gasteiger partial charge < -0.3 is 20.5 Å². The number of nitro benzene ring substituents is 1. The minimum absolute atomic E-state index is 0.0753. The number of carbonyl (C=O) groups excluding carboxylic acids is 1. The smallest absolute Gasteiger partial charge is 0.320 e. The third-order valence-corrected chi connectivity index (χ3v) is 5.38. The van der Waals surface area contributed by atoms with Gasteiger partial charge in [0.2, 0.25) is 5.75 Å². The van der Waals surface area contributed by atoms with Gasteiger partial charge in [-0.2, -0.15) is 5.26 Å². The van der Waals surface area contributed by atoms with Crippen LogP contribution in [0.3, 0.4) is 0 Å². The van der Waals surface area contributed by atoms with Crippen LogP contribution in [-0.2, 0) is 0 Å². The molecule has 0 bridgehead atoms. The maximum absolute atomic E-state index is 12.7. The van der Waals surface area contributed by atoms with Crippen LogP contribution in [0.25, 0.3) is 11.3 Å². The van der Waals surface area contributed by atoms with Crippen molar-refractivity contribution in [3.63, 3.8) is 0 Å². The molecule has 0 radical (unpaired) electrons. The third kappa shape index (κ3) is 4.12. The maximum atomic E-state index is 12.7. The molecule has 9 nitrogen and oxygen atoms in total. The molecule has 3 N–H and O–H groups in total. The normalized spacial score (nSPS) is 15.2. The molecular formula is C25H20N4O5. The Hall–Kier alpha value is -4.84. The lowest BCUT2D eigenvalue weighted by molar-refractivity contribution is -0.386. The van der Waals surface area contributed by atoms with Gasteiger partial charge in [0.05, 0.1) is 34.9 Å². The number of nitrogens with zero attached hydrogens (tertiary/aromatic N) is 2. The van der Waals surface area contributed by atoms with Crippen molar-refractivity contribution in [1.82, 2.24) is 10.6 Å². The van der Waals surface area contributed by atoms with Crippen molar-refractivity contribution in [2.45, 2.75) is 13.0 Å². The van der Waals surface area contributed by atoms with Crippen molar-refractivity contribution in [3.05, 3.63) is 99.1 Å². The highest BCUT2D eigenvalue weighted by molar-refractivity contribution is 6.03. The van der Waals surface area contributed by atoms with Gasteiger partial charge in [0.25, 0.3) is 0 Å². The van der Waals surface area contributed by atoms with Crippen molar-refractivity contribution in [3.8, 4) is 17.6 Å². The first-order valence-electron chi connectivity index (χ1n) is 10.4.